The number of benzene rings is 1. The lowest BCUT2D eigenvalue weighted by atomic mass is 10.1. The topological polar surface area (TPSA) is 98.1 Å². The third kappa shape index (κ3) is 5.90. The third-order valence-corrected chi connectivity index (χ3v) is 6.12. The van der Waals surface area contributed by atoms with Gasteiger partial charge in [0.1, 0.15) is 11.9 Å². The molecule has 1 fully saturated rings. The number of methoxy groups -OCH3 is 1. The van der Waals surface area contributed by atoms with E-state index in [9.17, 15) is 23.9 Å². The smallest absolute Gasteiger partial charge is 0.329 e. The quantitative estimate of drug-likeness (QED) is 0.322. The summed E-state index contributed by atoms with van der Waals surface area (Å²) in [6, 6.07) is 6.64. The first-order chi connectivity index (χ1) is 16.2. The highest BCUT2D eigenvalue weighted by Crippen LogP contribution is 2.22. The summed E-state index contributed by atoms with van der Waals surface area (Å²) < 4.78 is 26.3. The number of aryl methyl sites for hydroxylation is 1. The number of hydrogen-bond acceptors (Lipinski definition) is 6. The number of hydrogen-bond donors (Lipinski definition) is 1. The van der Waals surface area contributed by atoms with Gasteiger partial charge in [0.15, 0.2) is 6.61 Å². The Morgan fingerprint density at radius 3 is 2.65 bits per heavy atom. The molecule has 8 nitrogen and oxygen atoms in total. The van der Waals surface area contributed by atoms with Crippen molar-refractivity contribution in [3.63, 3.8) is 0 Å². The molecule has 1 amide bonds. The molecule has 3 rings (SSSR count). The fourth-order valence-corrected chi connectivity index (χ4v) is 4.32. The molecule has 0 spiro atoms. The van der Waals surface area contributed by atoms with E-state index in [2.05, 4.69) is 0 Å². The van der Waals surface area contributed by atoms with Gasteiger partial charge in [0, 0.05) is 50.2 Å². The van der Waals surface area contributed by atoms with Crippen LogP contribution >= 0.6 is 0 Å². The van der Waals surface area contributed by atoms with Crippen molar-refractivity contribution in [3.05, 3.63) is 58.7 Å². The minimum absolute atomic E-state index is 0.00402. The van der Waals surface area contributed by atoms with E-state index in [-0.39, 0.29) is 30.7 Å². The zero-order valence-corrected chi connectivity index (χ0v) is 19.8. The average Bonchev–Trinajstić information content (AvgIpc) is 3.33. The predicted octanol–water partition coefficient (Wildman–Crippen LogP) is 2.21. The van der Waals surface area contributed by atoms with Gasteiger partial charge < -0.3 is 24.0 Å². The van der Waals surface area contributed by atoms with Gasteiger partial charge in [-0.1, -0.05) is 18.2 Å². The van der Waals surface area contributed by atoms with Crippen LogP contribution in [-0.4, -0.2) is 71.2 Å². The molecular formula is C25H31FN2O6. The first-order valence-corrected chi connectivity index (χ1v) is 11.3. The zero-order valence-electron chi connectivity index (χ0n) is 19.8. The Morgan fingerprint density at radius 1 is 1.21 bits per heavy atom. The molecule has 1 aromatic carbocycles. The molecule has 2 atom stereocenters. The number of carbonyl (C=O) groups excluding carboxylic acids is 3. The van der Waals surface area contributed by atoms with Crippen molar-refractivity contribution in [1.29, 1.82) is 0 Å². The molecule has 1 aliphatic rings. The molecule has 184 valence electrons. The van der Waals surface area contributed by atoms with Crippen molar-refractivity contribution < 1.29 is 33.4 Å². The summed E-state index contributed by atoms with van der Waals surface area (Å²) in [5, 5.41) is 10.0. The van der Waals surface area contributed by atoms with Gasteiger partial charge in [0.05, 0.1) is 12.5 Å². The third-order valence-electron chi connectivity index (χ3n) is 6.12. The second-order valence-electron chi connectivity index (χ2n) is 8.53. The maximum Gasteiger partial charge on any atom is 0.329 e. The van der Waals surface area contributed by atoms with E-state index in [1.165, 1.54) is 23.1 Å². The van der Waals surface area contributed by atoms with Gasteiger partial charge in [-0.05, 0) is 38.0 Å². The zero-order chi connectivity index (χ0) is 24.8. The van der Waals surface area contributed by atoms with Gasteiger partial charge in [0.2, 0.25) is 11.7 Å². The molecule has 34 heavy (non-hydrogen) atoms. The Balaban J connectivity index is 1.62. The summed E-state index contributed by atoms with van der Waals surface area (Å²) in [6.07, 6.45) is -0.332. The Labute approximate surface area is 198 Å². The highest BCUT2D eigenvalue weighted by Gasteiger charge is 2.40. The van der Waals surface area contributed by atoms with Crippen molar-refractivity contribution >= 4 is 17.7 Å². The van der Waals surface area contributed by atoms with Crippen molar-refractivity contribution in [1.82, 2.24) is 9.47 Å². The van der Waals surface area contributed by atoms with Gasteiger partial charge in [-0.3, -0.25) is 9.59 Å². The molecule has 1 saturated heterocycles. The molecule has 1 aliphatic heterocycles. The number of nitrogens with zero attached hydrogens (tertiary/aromatic N) is 2. The summed E-state index contributed by atoms with van der Waals surface area (Å²) in [4.78, 5) is 39.4. The van der Waals surface area contributed by atoms with Crippen LogP contribution in [0.3, 0.4) is 0 Å². The number of β-amino-alcohol motifs (C(OH)–C–C–N with tert-alkyl or cyclic N) is 1. The van der Waals surface area contributed by atoms with Crippen LogP contribution in [0.1, 0.15) is 40.2 Å². The van der Waals surface area contributed by atoms with E-state index in [4.69, 9.17) is 9.47 Å². The number of aliphatic hydroxyl groups is 1. The van der Waals surface area contributed by atoms with Crippen LogP contribution in [0, 0.1) is 19.7 Å². The maximum absolute atomic E-state index is 13.9. The van der Waals surface area contributed by atoms with Crippen LogP contribution in [0.4, 0.5) is 4.39 Å². The normalized spacial score (nSPS) is 17.7. The minimum Gasteiger partial charge on any atom is -0.456 e. The molecule has 0 aliphatic carbocycles. The number of rotatable bonds is 10. The van der Waals surface area contributed by atoms with E-state index in [0.29, 0.717) is 18.7 Å². The number of amides is 1. The van der Waals surface area contributed by atoms with Gasteiger partial charge >= 0.3 is 5.97 Å². The van der Waals surface area contributed by atoms with Crippen LogP contribution in [-0.2, 0) is 32.0 Å². The van der Waals surface area contributed by atoms with Gasteiger partial charge in [-0.2, -0.15) is 0 Å². The van der Waals surface area contributed by atoms with Crippen LogP contribution < -0.4 is 0 Å². The number of aliphatic hydroxyl groups excluding tert-OH is 1. The molecule has 0 saturated carbocycles. The van der Waals surface area contributed by atoms with Gasteiger partial charge in [-0.25, -0.2) is 9.18 Å². The van der Waals surface area contributed by atoms with E-state index >= 15 is 0 Å². The lowest BCUT2D eigenvalue weighted by Crippen LogP contribution is -2.42. The van der Waals surface area contributed by atoms with Crippen LogP contribution in [0.2, 0.25) is 0 Å². The predicted molar refractivity (Wildman–Crippen MR) is 122 cm³/mol. The molecule has 2 aromatic rings. The Kier molecular flexibility index (Phi) is 8.57. The largest absolute Gasteiger partial charge is 0.456 e. The van der Waals surface area contributed by atoms with E-state index in [1.807, 2.05) is 18.4 Å². The van der Waals surface area contributed by atoms with Crippen LogP contribution in [0.25, 0.3) is 0 Å². The number of ether oxygens (including phenoxy) is 2. The average molecular weight is 475 g/mol. The summed E-state index contributed by atoms with van der Waals surface area (Å²) in [5.41, 5.74) is 2.39. The highest BCUT2D eigenvalue weighted by atomic mass is 19.1. The van der Waals surface area contributed by atoms with Crippen molar-refractivity contribution in [2.45, 2.75) is 51.8 Å². The second-order valence-corrected chi connectivity index (χ2v) is 8.53. The van der Waals surface area contributed by atoms with Crippen LogP contribution in [0.5, 0.6) is 0 Å². The summed E-state index contributed by atoms with van der Waals surface area (Å²) in [5.74, 6) is -2.11. The number of likely N-dealkylation sites (tertiary alicyclic amines) is 1. The first kappa shape index (κ1) is 25.6. The van der Waals surface area contributed by atoms with Gasteiger partial charge in [0.25, 0.3) is 0 Å². The highest BCUT2D eigenvalue weighted by molar-refractivity contribution is 5.99. The molecule has 2 unspecified atom stereocenters. The number of ketones is 1. The molecule has 1 aromatic heterocycles. The van der Waals surface area contributed by atoms with E-state index < -0.39 is 36.4 Å². The van der Waals surface area contributed by atoms with Crippen molar-refractivity contribution in [3.8, 4) is 0 Å². The van der Waals surface area contributed by atoms with Crippen LogP contribution in [0.15, 0.2) is 30.3 Å². The lowest BCUT2D eigenvalue weighted by Gasteiger charge is -2.23. The first-order valence-electron chi connectivity index (χ1n) is 11.3. The second kappa shape index (κ2) is 11.4. The summed E-state index contributed by atoms with van der Waals surface area (Å²) in [7, 11) is 1.64. The standard InChI is InChI=1S/C25H31FN2O6/c1-16-11-20(17(2)27(16)9-6-10-33-3)23(30)15-34-25(32)22-13-19(29)14-28(22)24(31)12-18-7-4-5-8-21(18)26/h4-5,7-8,11,19,22,29H,6,9-10,12-15H2,1-3H3. The number of esters is 1. The number of Topliss-reactive ketones (excluding diaryl/α,β-unsaturated/α-hetero) is 1. The monoisotopic (exact) mass is 474 g/mol. The Bertz CT molecular complexity index is 1050. The lowest BCUT2D eigenvalue weighted by molar-refractivity contribution is -0.152. The number of aromatic nitrogens is 1. The Hall–Kier alpha value is -3.04. The molecule has 9 heteroatoms. The number of halogens is 1. The molecule has 2 heterocycles. The summed E-state index contributed by atoms with van der Waals surface area (Å²) in [6.45, 7) is 4.54. The summed E-state index contributed by atoms with van der Waals surface area (Å²) >= 11 is 0. The molecule has 0 radical (unpaired) electrons. The van der Waals surface area contributed by atoms with Crippen molar-refractivity contribution in [2.24, 2.45) is 0 Å². The molecular weight excluding hydrogens is 443 g/mol. The Morgan fingerprint density at radius 2 is 1.94 bits per heavy atom. The fourth-order valence-electron chi connectivity index (χ4n) is 4.32. The molecule has 0 bridgehead atoms. The van der Waals surface area contributed by atoms with E-state index in [1.54, 1.807) is 19.2 Å². The van der Waals surface area contributed by atoms with E-state index in [0.717, 1.165) is 17.8 Å². The minimum atomic E-state index is -1.02. The van der Waals surface area contributed by atoms with Gasteiger partial charge in [-0.15, -0.1) is 0 Å². The number of carbonyl (C=O) groups is 3. The van der Waals surface area contributed by atoms with Crippen molar-refractivity contribution in [2.75, 3.05) is 26.9 Å². The SMILES string of the molecule is COCCCn1c(C)cc(C(=O)COC(=O)C2CC(O)CN2C(=O)Cc2ccccc2F)c1C. The maximum atomic E-state index is 13.9. The molecule has 1 N–H and O–H groups in total. The fraction of sp³-hybridized carbons (Fsp3) is 0.480.